The normalized spacial score (nSPS) is 10.4. The second kappa shape index (κ2) is 8.33. The van der Waals surface area contributed by atoms with Gasteiger partial charge in [-0.05, 0) is 35.7 Å². The average molecular weight is 340 g/mol. The number of nitrogens with zero attached hydrogens (tertiary/aromatic N) is 1. The molecule has 2 aromatic carbocycles. The molecule has 0 bridgehead atoms. The van der Waals surface area contributed by atoms with E-state index in [1.54, 1.807) is 18.2 Å². The maximum atomic E-state index is 12.4. The molecule has 0 saturated heterocycles. The number of para-hydroxylation sites is 2. The quantitative estimate of drug-likeness (QED) is 0.870. The van der Waals surface area contributed by atoms with Crippen molar-refractivity contribution < 1.29 is 14.3 Å². The fraction of sp³-hybridized carbons (Fsp3) is 0.300. The highest BCUT2D eigenvalue weighted by Crippen LogP contribution is 2.27. The number of anilines is 2. The Bertz CT molecular complexity index is 739. The first kappa shape index (κ1) is 18.5. The molecule has 0 atom stereocenters. The van der Waals surface area contributed by atoms with Gasteiger partial charge in [0.05, 0.1) is 12.8 Å². The van der Waals surface area contributed by atoms with Crippen LogP contribution in [0.2, 0.25) is 0 Å². The molecule has 2 amide bonds. The van der Waals surface area contributed by atoms with Crippen LogP contribution in [0.25, 0.3) is 0 Å². The molecule has 0 aromatic heterocycles. The second-order valence-corrected chi connectivity index (χ2v) is 6.10. The van der Waals surface area contributed by atoms with Gasteiger partial charge in [0.15, 0.2) is 0 Å². The van der Waals surface area contributed by atoms with Crippen molar-refractivity contribution in [3.63, 3.8) is 0 Å². The highest BCUT2D eigenvalue weighted by Gasteiger charge is 2.19. The van der Waals surface area contributed by atoms with Crippen molar-refractivity contribution in [2.75, 3.05) is 23.9 Å². The van der Waals surface area contributed by atoms with Crippen molar-refractivity contribution in [3.8, 4) is 5.75 Å². The Morgan fingerprint density at radius 2 is 1.72 bits per heavy atom. The summed E-state index contributed by atoms with van der Waals surface area (Å²) in [5.74, 6) is 0.489. The van der Waals surface area contributed by atoms with Crippen molar-refractivity contribution in [3.05, 3.63) is 54.1 Å². The zero-order chi connectivity index (χ0) is 18.4. The van der Waals surface area contributed by atoms with Gasteiger partial charge in [0.25, 0.3) is 0 Å². The Balaban J connectivity index is 2.11. The highest BCUT2D eigenvalue weighted by atomic mass is 16.5. The van der Waals surface area contributed by atoms with Crippen LogP contribution in [0.1, 0.15) is 32.3 Å². The Morgan fingerprint density at radius 1 is 1.08 bits per heavy atom. The summed E-state index contributed by atoms with van der Waals surface area (Å²) in [6.45, 7) is 5.58. The van der Waals surface area contributed by atoms with Crippen LogP contribution in [0, 0.1) is 0 Å². The predicted molar refractivity (Wildman–Crippen MR) is 100 cm³/mol. The monoisotopic (exact) mass is 340 g/mol. The molecule has 0 saturated carbocycles. The summed E-state index contributed by atoms with van der Waals surface area (Å²) in [5, 5.41) is 2.83. The van der Waals surface area contributed by atoms with Crippen molar-refractivity contribution in [2.45, 2.75) is 26.7 Å². The largest absolute Gasteiger partial charge is 0.495 e. The predicted octanol–water partition coefficient (Wildman–Crippen LogP) is 3.81. The number of rotatable bonds is 6. The van der Waals surface area contributed by atoms with E-state index >= 15 is 0 Å². The van der Waals surface area contributed by atoms with Gasteiger partial charge in [-0.15, -0.1) is 0 Å². The number of methoxy groups -OCH3 is 1. The van der Waals surface area contributed by atoms with Gasteiger partial charge in [-0.3, -0.25) is 14.5 Å². The maximum Gasteiger partial charge on any atom is 0.244 e. The van der Waals surface area contributed by atoms with E-state index in [0.717, 1.165) is 0 Å². The molecular weight excluding hydrogens is 316 g/mol. The van der Waals surface area contributed by atoms with Gasteiger partial charge in [0, 0.05) is 12.6 Å². The van der Waals surface area contributed by atoms with Crippen molar-refractivity contribution >= 4 is 23.2 Å². The van der Waals surface area contributed by atoms with E-state index in [1.807, 2.05) is 30.3 Å². The topological polar surface area (TPSA) is 58.6 Å². The van der Waals surface area contributed by atoms with E-state index in [9.17, 15) is 9.59 Å². The molecule has 1 N–H and O–H groups in total. The first-order valence-corrected chi connectivity index (χ1v) is 8.23. The molecule has 5 heteroatoms. The lowest BCUT2D eigenvalue weighted by atomic mass is 10.0. The molecule has 0 aliphatic rings. The van der Waals surface area contributed by atoms with Crippen LogP contribution in [0.15, 0.2) is 48.5 Å². The Hall–Kier alpha value is -2.82. The number of carbonyl (C=O) groups excluding carboxylic acids is 2. The third-order valence-corrected chi connectivity index (χ3v) is 3.92. The summed E-state index contributed by atoms with van der Waals surface area (Å²) in [6, 6.07) is 14.8. The number of amides is 2. The summed E-state index contributed by atoms with van der Waals surface area (Å²) in [5.41, 5.74) is 2.48. The molecular formula is C20H24N2O3. The smallest absolute Gasteiger partial charge is 0.244 e. The lowest BCUT2D eigenvalue weighted by molar-refractivity contribution is -0.120. The summed E-state index contributed by atoms with van der Waals surface area (Å²) >= 11 is 0. The van der Waals surface area contributed by atoms with Crippen molar-refractivity contribution in [1.29, 1.82) is 0 Å². The molecule has 0 radical (unpaired) electrons. The second-order valence-electron chi connectivity index (χ2n) is 6.10. The minimum atomic E-state index is -0.265. The summed E-state index contributed by atoms with van der Waals surface area (Å²) in [7, 11) is 1.54. The van der Waals surface area contributed by atoms with Gasteiger partial charge in [-0.1, -0.05) is 38.1 Å². The standard InChI is InChI=1S/C20H24N2O3/c1-14(2)16-9-11-17(12-10-16)21-20(24)13-22(15(3)23)18-7-5-6-8-19(18)25-4/h5-12,14H,13H2,1-4H3,(H,21,24). The molecule has 0 aliphatic heterocycles. The zero-order valence-corrected chi connectivity index (χ0v) is 15.1. The Labute approximate surface area is 148 Å². The van der Waals surface area contributed by atoms with E-state index in [0.29, 0.717) is 23.0 Å². The van der Waals surface area contributed by atoms with E-state index < -0.39 is 0 Å². The molecule has 5 nitrogen and oxygen atoms in total. The summed E-state index contributed by atoms with van der Waals surface area (Å²) in [4.78, 5) is 25.8. The highest BCUT2D eigenvalue weighted by molar-refractivity contribution is 6.02. The number of carbonyl (C=O) groups is 2. The van der Waals surface area contributed by atoms with Gasteiger partial charge >= 0.3 is 0 Å². The molecule has 2 rings (SSSR count). The number of ether oxygens (including phenoxy) is 1. The number of hydrogen-bond acceptors (Lipinski definition) is 3. The minimum absolute atomic E-state index is 0.0817. The molecule has 2 aromatic rings. The maximum absolute atomic E-state index is 12.4. The molecule has 0 aliphatic carbocycles. The number of nitrogens with one attached hydrogen (secondary N) is 1. The van der Waals surface area contributed by atoms with E-state index in [2.05, 4.69) is 19.2 Å². The fourth-order valence-corrected chi connectivity index (χ4v) is 2.51. The van der Waals surface area contributed by atoms with Gasteiger partial charge < -0.3 is 10.1 Å². The lowest BCUT2D eigenvalue weighted by Crippen LogP contribution is -2.36. The van der Waals surface area contributed by atoms with Crippen LogP contribution in [-0.4, -0.2) is 25.5 Å². The number of benzene rings is 2. The zero-order valence-electron chi connectivity index (χ0n) is 15.1. The lowest BCUT2D eigenvalue weighted by Gasteiger charge is -2.22. The van der Waals surface area contributed by atoms with Crippen molar-refractivity contribution in [2.24, 2.45) is 0 Å². The first-order chi connectivity index (χ1) is 11.9. The molecule has 0 unspecified atom stereocenters. The van der Waals surface area contributed by atoms with E-state index in [1.165, 1.54) is 24.5 Å². The van der Waals surface area contributed by atoms with Crippen molar-refractivity contribution in [1.82, 2.24) is 0 Å². The van der Waals surface area contributed by atoms with Gasteiger partial charge in [0.2, 0.25) is 11.8 Å². The van der Waals surface area contributed by atoms with Crippen LogP contribution < -0.4 is 15.0 Å². The van der Waals surface area contributed by atoms with Crippen LogP contribution in [0.4, 0.5) is 11.4 Å². The summed E-state index contributed by atoms with van der Waals surface area (Å²) in [6.07, 6.45) is 0. The SMILES string of the molecule is COc1ccccc1N(CC(=O)Nc1ccc(C(C)C)cc1)C(C)=O. The third-order valence-electron chi connectivity index (χ3n) is 3.92. The van der Waals surface area contributed by atoms with Gasteiger partial charge in [-0.2, -0.15) is 0 Å². The van der Waals surface area contributed by atoms with Crippen LogP contribution in [0.3, 0.4) is 0 Å². The van der Waals surface area contributed by atoms with Gasteiger partial charge in [0.1, 0.15) is 12.3 Å². The van der Waals surface area contributed by atoms with E-state index in [4.69, 9.17) is 4.74 Å². The molecule has 25 heavy (non-hydrogen) atoms. The van der Waals surface area contributed by atoms with Crippen LogP contribution >= 0.6 is 0 Å². The molecule has 132 valence electrons. The fourth-order valence-electron chi connectivity index (χ4n) is 2.51. The van der Waals surface area contributed by atoms with Crippen LogP contribution in [-0.2, 0) is 9.59 Å². The van der Waals surface area contributed by atoms with Gasteiger partial charge in [-0.25, -0.2) is 0 Å². The minimum Gasteiger partial charge on any atom is -0.495 e. The Morgan fingerprint density at radius 3 is 2.28 bits per heavy atom. The average Bonchev–Trinajstić information content (AvgIpc) is 2.60. The third kappa shape index (κ3) is 4.83. The molecule has 0 heterocycles. The van der Waals surface area contributed by atoms with Crippen LogP contribution in [0.5, 0.6) is 5.75 Å². The summed E-state index contributed by atoms with van der Waals surface area (Å²) < 4.78 is 5.29. The molecule has 0 fully saturated rings. The Kier molecular flexibility index (Phi) is 6.17. The first-order valence-electron chi connectivity index (χ1n) is 8.23. The molecule has 0 spiro atoms. The van der Waals surface area contributed by atoms with E-state index in [-0.39, 0.29) is 18.4 Å². The number of hydrogen-bond donors (Lipinski definition) is 1.